The lowest BCUT2D eigenvalue weighted by atomic mass is 9.85. The van der Waals surface area contributed by atoms with Crippen molar-refractivity contribution in [1.29, 1.82) is 0 Å². The van der Waals surface area contributed by atoms with Gasteiger partial charge in [-0.3, -0.25) is 0 Å². The van der Waals surface area contributed by atoms with Gasteiger partial charge in [-0.15, -0.1) is 0 Å². The molecule has 10 heterocycles. The molecular formula is C108H124N19+5. The van der Waals surface area contributed by atoms with Crippen molar-refractivity contribution in [2.24, 2.45) is 0 Å². The van der Waals surface area contributed by atoms with E-state index < -0.39 is 0 Å². The van der Waals surface area contributed by atoms with Crippen LogP contribution >= 0.6 is 0 Å². The molecule has 5 aromatic heterocycles. The number of aromatic nitrogens is 7. The molecule has 646 valence electrons. The number of para-hydroxylation sites is 3. The predicted molar refractivity (Wildman–Crippen MR) is 520 cm³/mol. The minimum absolute atomic E-state index is 0.0643. The van der Waals surface area contributed by atoms with Crippen LogP contribution in [0.3, 0.4) is 0 Å². The molecule has 5 aliphatic rings. The van der Waals surface area contributed by atoms with Crippen LogP contribution in [0.5, 0.6) is 0 Å². The normalized spacial score (nSPS) is 16.8. The topological polar surface area (TPSA) is 86.3 Å². The molecule has 19 heteroatoms. The molecule has 5 atom stereocenters. The van der Waals surface area contributed by atoms with Crippen LogP contribution in [0.4, 0.5) is 39.8 Å². The fourth-order valence-electron chi connectivity index (χ4n) is 17.6. The zero-order valence-corrected chi connectivity index (χ0v) is 78.8. The first-order chi connectivity index (χ1) is 60.7. The van der Waals surface area contributed by atoms with Crippen molar-refractivity contribution >= 4 is 72.5 Å². The largest absolute Gasteiger partial charge is 0.359 e. The minimum Gasteiger partial charge on any atom is -0.359 e. The van der Waals surface area contributed by atoms with Crippen LogP contribution in [0, 0.1) is 96.2 Å². The lowest BCUT2D eigenvalue weighted by Gasteiger charge is -2.30. The molecule has 0 spiro atoms. The fraction of sp³-hybridized carbons (Fsp3) is 0.287. The van der Waals surface area contributed by atoms with Gasteiger partial charge in [0.15, 0.2) is 28.5 Å². The minimum atomic E-state index is 0.0643. The average Bonchev–Trinajstić information content (AvgIpc) is 1.68. The third-order valence-electron chi connectivity index (χ3n) is 26.0. The molecule has 0 radical (unpaired) electrons. The third-order valence-corrected chi connectivity index (χ3v) is 26.0. The summed E-state index contributed by atoms with van der Waals surface area (Å²) >= 11 is 0. The monoisotopic (exact) mass is 1690 g/mol. The van der Waals surface area contributed by atoms with Gasteiger partial charge < -0.3 is 49.0 Å². The van der Waals surface area contributed by atoms with Crippen LogP contribution in [-0.2, 0) is 5.41 Å². The molecule has 19 nitrogen and oxygen atoms in total. The number of aryl methyl sites for hydroxylation is 7. The van der Waals surface area contributed by atoms with E-state index in [9.17, 15) is 0 Å². The van der Waals surface area contributed by atoms with Crippen LogP contribution in [0.25, 0.3) is 70.8 Å². The SMILES string of the molecule is Cc1c(N2C=CN(C)[C@H]2C)cc(C(C)(C)C)cc1-[n+]1c(C)ccc2ccccc21.Cc1cc(N2C=CN(C)[C@H]2C)c(C)c(-[n+]2c(C)ccc3ccccc32)c1.Cc1cc(N2C=CN(C)[C@H]2C)c(C)c(-[n+]2cccnc2C)c1.[C-]#[N+]c1cc(N2C=CN(C)[C@H]2C)c(C)c(-[n+]2c(C)ccc3ccccc32)c1.[C-]#[N+]c1cc(N2C=CN(C)[C@H]2C)c(C)c(-[n+]2cccnc2C)c1. The summed E-state index contributed by atoms with van der Waals surface area (Å²) in [6.45, 7) is 58.7. The van der Waals surface area contributed by atoms with Crippen LogP contribution in [0.2, 0.25) is 0 Å². The molecule has 0 saturated heterocycles. The highest BCUT2D eigenvalue weighted by Gasteiger charge is 2.34. The van der Waals surface area contributed by atoms with E-state index in [1.54, 1.807) is 6.20 Å². The van der Waals surface area contributed by atoms with E-state index in [1.165, 1.54) is 112 Å². The fourth-order valence-corrected chi connectivity index (χ4v) is 17.6. The Morgan fingerprint density at radius 2 is 0.583 bits per heavy atom. The second-order valence-electron chi connectivity index (χ2n) is 35.4. The second kappa shape index (κ2) is 36.9. The molecule has 5 aliphatic heterocycles. The van der Waals surface area contributed by atoms with E-state index in [-0.39, 0.29) is 17.7 Å². The van der Waals surface area contributed by atoms with Crippen molar-refractivity contribution in [3.05, 3.63) is 365 Å². The molecule has 0 unspecified atom stereocenters. The van der Waals surface area contributed by atoms with Crippen LogP contribution < -0.4 is 47.3 Å². The highest BCUT2D eigenvalue weighted by molar-refractivity contribution is 5.80. The van der Waals surface area contributed by atoms with Gasteiger partial charge in [-0.2, -0.15) is 13.7 Å². The van der Waals surface area contributed by atoms with E-state index in [1.807, 2.05) is 67.2 Å². The number of hydrogen-bond donors (Lipinski definition) is 0. The van der Waals surface area contributed by atoms with Gasteiger partial charge in [0.25, 0.3) is 11.6 Å². The molecule has 0 fully saturated rings. The summed E-state index contributed by atoms with van der Waals surface area (Å²) in [5.41, 5.74) is 30.3. The highest BCUT2D eigenvalue weighted by atomic mass is 15.4. The predicted octanol–water partition coefficient (Wildman–Crippen LogP) is 21.0. The van der Waals surface area contributed by atoms with E-state index in [0.29, 0.717) is 29.9 Å². The first-order valence-corrected chi connectivity index (χ1v) is 43.9. The highest BCUT2D eigenvalue weighted by Crippen LogP contribution is 2.40. The summed E-state index contributed by atoms with van der Waals surface area (Å²) in [5.74, 6) is 1.88. The second-order valence-corrected chi connectivity index (χ2v) is 35.4. The summed E-state index contributed by atoms with van der Waals surface area (Å²) in [4.78, 5) is 38.7. The summed E-state index contributed by atoms with van der Waals surface area (Å²) in [6.07, 6.45) is 30.3. The summed E-state index contributed by atoms with van der Waals surface area (Å²) in [5, 5.41) is 3.70. The number of rotatable bonds is 10. The lowest BCUT2D eigenvalue weighted by molar-refractivity contribution is -0.607. The maximum Gasteiger partial charge on any atom is 0.300 e. The molecule has 13 aromatic rings. The quantitative estimate of drug-likeness (QED) is 0.0965. The number of pyridine rings is 3. The zero-order chi connectivity index (χ0) is 90.9. The van der Waals surface area contributed by atoms with Gasteiger partial charge >= 0.3 is 0 Å². The van der Waals surface area contributed by atoms with Crippen molar-refractivity contribution in [2.75, 3.05) is 59.7 Å². The lowest BCUT2D eigenvalue weighted by Crippen LogP contribution is -2.38. The summed E-state index contributed by atoms with van der Waals surface area (Å²) in [6, 6.07) is 64.3. The van der Waals surface area contributed by atoms with Gasteiger partial charge in [0.05, 0.1) is 24.5 Å². The van der Waals surface area contributed by atoms with Gasteiger partial charge in [0.1, 0.15) is 67.0 Å². The zero-order valence-electron chi connectivity index (χ0n) is 78.8. The Hall–Kier alpha value is -14.2. The first kappa shape index (κ1) is 89.1. The Morgan fingerprint density at radius 1 is 0.307 bits per heavy atom. The summed E-state index contributed by atoms with van der Waals surface area (Å²) in [7, 11) is 10.5. The number of anilines is 5. The van der Waals surface area contributed by atoms with Gasteiger partial charge in [-0.05, 0) is 184 Å². The average molecular weight is 1690 g/mol. The Labute approximate surface area is 753 Å². The van der Waals surface area contributed by atoms with Gasteiger partial charge in [-0.25, -0.2) is 18.8 Å². The Balaban J connectivity index is 0.000000129. The molecule has 0 amide bonds. The van der Waals surface area contributed by atoms with Crippen molar-refractivity contribution in [1.82, 2.24) is 34.5 Å². The van der Waals surface area contributed by atoms with Gasteiger partial charge in [0.2, 0.25) is 33.6 Å². The molecule has 8 aromatic carbocycles. The van der Waals surface area contributed by atoms with E-state index in [2.05, 4.69) is 461 Å². The first-order valence-electron chi connectivity index (χ1n) is 43.9. The van der Waals surface area contributed by atoms with Crippen LogP contribution in [0.1, 0.15) is 129 Å². The Kier molecular flexibility index (Phi) is 25.9. The maximum absolute atomic E-state index is 7.62. The molecule has 0 saturated carbocycles. The van der Waals surface area contributed by atoms with Crippen molar-refractivity contribution in [2.45, 2.75) is 175 Å². The molecule has 0 bridgehead atoms. The van der Waals surface area contributed by atoms with E-state index >= 15 is 0 Å². The Morgan fingerprint density at radius 3 is 0.890 bits per heavy atom. The Bertz CT molecular complexity index is 6610. The number of fused-ring (bicyclic) bond motifs is 3. The van der Waals surface area contributed by atoms with E-state index in [0.717, 1.165) is 51.2 Å². The van der Waals surface area contributed by atoms with Crippen molar-refractivity contribution in [3.63, 3.8) is 0 Å². The maximum atomic E-state index is 7.62. The van der Waals surface area contributed by atoms with Crippen molar-refractivity contribution < 1.29 is 22.8 Å². The molecule has 18 rings (SSSR count). The van der Waals surface area contributed by atoms with Crippen LogP contribution in [-0.4, -0.2) is 101 Å². The molecule has 0 aliphatic carbocycles. The molecule has 0 N–H and O–H groups in total. The molecular weight excluding hydrogens is 1560 g/mol. The third kappa shape index (κ3) is 17.9. The summed E-state index contributed by atoms with van der Waals surface area (Å²) < 4.78 is 11.2. The van der Waals surface area contributed by atoms with Gasteiger partial charge in [-0.1, -0.05) is 67.1 Å². The smallest absolute Gasteiger partial charge is 0.300 e. The standard InChI is InChI=1S/C26H32N3.C23H23N4.C23H26N3.C18H20N5.C18H23N4/c1-18-12-13-21-10-8-9-11-23(21)29(18)25-17-22(26(4,5)6)16-24(19(25)2)28-15-14-27(7)20(28)3;1-16-10-11-19-8-6-7-9-21(19)27(16)23-15-20(24-4)14-22(17(23)2)26-13-12-25(5)18(26)3;1-16-14-22(25-13-12-24(5)19(25)4)18(3)23(15-16)26-17(2)10-11-20-8-6-7-9-21(20)26;1-13-17(22-8-6-7-20-14(22)2)11-16(19-4)12-18(13)23-10-9-21(5)15(23)3;1-13-11-17(21-8-6-7-19-15(21)3)14(2)18(12-13)22-10-9-20(5)16(22)4/h8-17,20H,1-7H3;6-15,18H,1-3,5H3;6-15,19H,1-5H3;6-12,15H,1-3,5H3;6-12,16H,1-5H3/q5*+1/t20-;18-;19-;15-;16-/m11111/s1. The van der Waals surface area contributed by atoms with Crippen LogP contribution in [0.15, 0.2) is 269 Å². The number of nitrogens with zero attached hydrogens (tertiary/aromatic N) is 19. The van der Waals surface area contributed by atoms with E-state index in [4.69, 9.17) is 13.1 Å². The number of benzene rings is 8. The number of hydrogen-bond acceptors (Lipinski definition) is 12. The van der Waals surface area contributed by atoms with Crippen molar-refractivity contribution in [3.8, 4) is 28.4 Å². The molecule has 127 heavy (non-hydrogen) atoms. The van der Waals surface area contributed by atoms with Gasteiger partial charge in [0, 0.05) is 260 Å².